The maximum atomic E-state index is 8.56. The summed E-state index contributed by atoms with van der Waals surface area (Å²) in [5, 5.41) is 11.6. The summed E-state index contributed by atoms with van der Waals surface area (Å²) in [4.78, 5) is 2.31. The summed E-state index contributed by atoms with van der Waals surface area (Å²) < 4.78 is 0. The molecule has 0 radical (unpaired) electrons. The van der Waals surface area contributed by atoms with Crippen molar-refractivity contribution in [3.05, 3.63) is 34.9 Å². The van der Waals surface area contributed by atoms with Crippen molar-refractivity contribution >= 4 is 5.84 Å². The molecule has 0 amide bonds. The van der Waals surface area contributed by atoms with Crippen LogP contribution in [0, 0.1) is 0 Å². The maximum Gasteiger partial charge on any atom is 0.140 e. The van der Waals surface area contributed by atoms with E-state index in [0.717, 1.165) is 19.6 Å². The number of oxime groups is 1. The highest BCUT2D eigenvalue weighted by molar-refractivity contribution is 5.79. The van der Waals surface area contributed by atoms with E-state index in [4.69, 9.17) is 10.9 Å². The Morgan fingerprint density at radius 1 is 1.37 bits per heavy atom. The molecule has 4 heteroatoms. The van der Waals surface area contributed by atoms with Crippen molar-refractivity contribution in [1.29, 1.82) is 0 Å². The fourth-order valence-corrected chi connectivity index (χ4v) is 2.65. The summed E-state index contributed by atoms with van der Waals surface area (Å²) in [6.45, 7) is 4.86. The first-order valence-electron chi connectivity index (χ1n) is 7.02. The van der Waals surface area contributed by atoms with E-state index in [2.05, 4.69) is 35.2 Å². The molecule has 0 aromatic heterocycles. The molecule has 0 fully saturated rings. The van der Waals surface area contributed by atoms with Gasteiger partial charge in [0.15, 0.2) is 0 Å². The van der Waals surface area contributed by atoms with E-state index < -0.39 is 0 Å². The van der Waals surface area contributed by atoms with Crippen LogP contribution < -0.4 is 5.73 Å². The molecule has 1 aliphatic carbocycles. The van der Waals surface area contributed by atoms with Gasteiger partial charge < -0.3 is 10.9 Å². The lowest BCUT2D eigenvalue weighted by atomic mass is 10.1. The highest BCUT2D eigenvalue weighted by Crippen LogP contribution is 2.23. The topological polar surface area (TPSA) is 61.8 Å². The van der Waals surface area contributed by atoms with Gasteiger partial charge in [0.2, 0.25) is 0 Å². The van der Waals surface area contributed by atoms with Gasteiger partial charge in [0, 0.05) is 19.5 Å². The molecule has 4 nitrogen and oxygen atoms in total. The number of fused-ring (bicyclic) bond motifs is 1. The number of aryl methyl sites for hydroxylation is 2. The van der Waals surface area contributed by atoms with E-state index in [1.807, 2.05) is 0 Å². The number of benzene rings is 1. The minimum absolute atomic E-state index is 0.299. The zero-order valence-electron chi connectivity index (χ0n) is 11.6. The molecule has 1 aliphatic rings. The summed E-state index contributed by atoms with van der Waals surface area (Å²) in [7, 11) is 0. The van der Waals surface area contributed by atoms with Crippen LogP contribution in [0.5, 0.6) is 0 Å². The Bertz CT molecular complexity index is 457. The van der Waals surface area contributed by atoms with Crippen LogP contribution in [0.2, 0.25) is 0 Å². The van der Waals surface area contributed by atoms with Gasteiger partial charge in [-0.2, -0.15) is 0 Å². The van der Waals surface area contributed by atoms with Crippen LogP contribution in [-0.2, 0) is 19.4 Å². The standard InChI is InChI=1S/C15H23N3O/c1-2-18(9-8-15(16)17-19)11-12-6-7-13-4-3-5-14(13)10-12/h6-7,10,19H,2-5,8-9,11H2,1H3,(H2,16,17). The molecule has 0 aliphatic heterocycles. The number of rotatable bonds is 6. The monoisotopic (exact) mass is 261 g/mol. The Morgan fingerprint density at radius 2 is 2.16 bits per heavy atom. The SMILES string of the molecule is CCN(CCC(N)=NO)Cc1ccc2c(c1)CCC2. The van der Waals surface area contributed by atoms with Gasteiger partial charge >= 0.3 is 0 Å². The molecular weight excluding hydrogens is 238 g/mol. The molecule has 0 spiro atoms. The van der Waals surface area contributed by atoms with E-state index in [1.165, 1.54) is 36.0 Å². The van der Waals surface area contributed by atoms with E-state index in [-0.39, 0.29) is 0 Å². The fourth-order valence-electron chi connectivity index (χ4n) is 2.65. The van der Waals surface area contributed by atoms with Crippen LogP contribution in [0.4, 0.5) is 0 Å². The largest absolute Gasteiger partial charge is 0.409 e. The van der Waals surface area contributed by atoms with Crippen molar-refractivity contribution in [2.24, 2.45) is 10.9 Å². The minimum atomic E-state index is 0.299. The van der Waals surface area contributed by atoms with Gasteiger partial charge in [-0.05, 0) is 42.5 Å². The predicted molar refractivity (Wildman–Crippen MR) is 77.4 cm³/mol. The molecule has 0 bridgehead atoms. The highest BCUT2D eigenvalue weighted by Gasteiger charge is 2.12. The molecule has 1 aromatic rings. The van der Waals surface area contributed by atoms with Crippen LogP contribution >= 0.6 is 0 Å². The van der Waals surface area contributed by atoms with Crippen LogP contribution in [0.1, 0.15) is 36.5 Å². The van der Waals surface area contributed by atoms with Gasteiger partial charge in [0.05, 0.1) is 0 Å². The van der Waals surface area contributed by atoms with Crippen molar-refractivity contribution in [3.63, 3.8) is 0 Å². The first kappa shape index (κ1) is 13.9. The van der Waals surface area contributed by atoms with Gasteiger partial charge in [0.25, 0.3) is 0 Å². The summed E-state index contributed by atoms with van der Waals surface area (Å²) in [6.07, 6.45) is 4.35. The first-order valence-corrected chi connectivity index (χ1v) is 7.02. The third-order valence-corrected chi connectivity index (χ3v) is 3.83. The van der Waals surface area contributed by atoms with Crippen LogP contribution in [-0.4, -0.2) is 29.0 Å². The van der Waals surface area contributed by atoms with Crippen LogP contribution in [0.3, 0.4) is 0 Å². The van der Waals surface area contributed by atoms with Crippen LogP contribution in [0.15, 0.2) is 23.4 Å². The average molecular weight is 261 g/mol. The van der Waals surface area contributed by atoms with Gasteiger partial charge in [-0.1, -0.05) is 30.3 Å². The van der Waals surface area contributed by atoms with Crippen molar-refractivity contribution in [2.75, 3.05) is 13.1 Å². The maximum absolute atomic E-state index is 8.56. The third kappa shape index (κ3) is 3.70. The van der Waals surface area contributed by atoms with Gasteiger partial charge in [-0.25, -0.2) is 0 Å². The summed E-state index contributed by atoms with van der Waals surface area (Å²) >= 11 is 0. The van der Waals surface area contributed by atoms with E-state index in [0.29, 0.717) is 12.3 Å². The number of hydrogen-bond donors (Lipinski definition) is 2. The lowest BCUT2D eigenvalue weighted by Crippen LogP contribution is -2.27. The lowest BCUT2D eigenvalue weighted by molar-refractivity contribution is 0.283. The Labute approximate surface area is 114 Å². The molecule has 104 valence electrons. The van der Waals surface area contributed by atoms with Crippen molar-refractivity contribution in [2.45, 2.75) is 39.2 Å². The molecular formula is C15H23N3O. The average Bonchev–Trinajstić information content (AvgIpc) is 2.90. The summed E-state index contributed by atoms with van der Waals surface area (Å²) in [6, 6.07) is 6.85. The Kier molecular flexibility index (Phi) is 4.80. The summed E-state index contributed by atoms with van der Waals surface area (Å²) in [5.41, 5.74) is 9.92. The molecule has 3 N–H and O–H groups in total. The molecule has 0 atom stereocenters. The first-order chi connectivity index (χ1) is 9.22. The zero-order chi connectivity index (χ0) is 13.7. The van der Waals surface area contributed by atoms with Crippen LogP contribution in [0.25, 0.3) is 0 Å². The Balaban J connectivity index is 1.94. The molecule has 0 heterocycles. The summed E-state index contributed by atoms with van der Waals surface area (Å²) in [5.74, 6) is 0.299. The second-order valence-corrected chi connectivity index (χ2v) is 5.17. The molecule has 0 unspecified atom stereocenters. The molecule has 1 aromatic carbocycles. The highest BCUT2D eigenvalue weighted by atomic mass is 16.4. The Morgan fingerprint density at radius 3 is 2.89 bits per heavy atom. The molecule has 19 heavy (non-hydrogen) atoms. The zero-order valence-corrected chi connectivity index (χ0v) is 11.6. The van der Waals surface area contributed by atoms with Gasteiger partial charge in [0.1, 0.15) is 5.84 Å². The second-order valence-electron chi connectivity index (χ2n) is 5.17. The minimum Gasteiger partial charge on any atom is -0.409 e. The predicted octanol–water partition coefficient (Wildman–Crippen LogP) is 2.13. The molecule has 0 saturated carbocycles. The van der Waals surface area contributed by atoms with Gasteiger partial charge in [-0.15, -0.1) is 0 Å². The van der Waals surface area contributed by atoms with E-state index >= 15 is 0 Å². The van der Waals surface area contributed by atoms with Crippen molar-refractivity contribution < 1.29 is 5.21 Å². The molecule has 2 rings (SSSR count). The van der Waals surface area contributed by atoms with Crippen molar-refractivity contribution in [3.8, 4) is 0 Å². The smallest absolute Gasteiger partial charge is 0.140 e. The number of amidine groups is 1. The number of hydrogen-bond acceptors (Lipinski definition) is 3. The molecule has 0 saturated heterocycles. The number of nitrogens with two attached hydrogens (primary N) is 1. The Hall–Kier alpha value is -1.55. The second kappa shape index (κ2) is 6.57. The van der Waals surface area contributed by atoms with E-state index in [9.17, 15) is 0 Å². The van der Waals surface area contributed by atoms with Gasteiger partial charge in [-0.3, -0.25) is 4.90 Å². The normalized spacial score (nSPS) is 14.9. The lowest BCUT2D eigenvalue weighted by Gasteiger charge is -2.20. The number of nitrogens with zero attached hydrogens (tertiary/aromatic N) is 2. The van der Waals surface area contributed by atoms with E-state index in [1.54, 1.807) is 0 Å². The fraction of sp³-hybridized carbons (Fsp3) is 0.533. The third-order valence-electron chi connectivity index (χ3n) is 3.83. The quantitative estimate of drug-likeness (QED) is 0.357. The van der Waals surface area contributed by atoms with Crippen molar-refractivity contribution in [1.82, 2.24) is 4.90 Å².